The molecule has 0 radical (unpaired) electrons. The lowest BCUT2D eigenvalue weighted by Crippen LogP contribution is -2.22. The van der Waals surface area contributed by atoms with Gasteiger partial charge >= 0.3 is 0 Å². The Bertz CT molecular complexity index is 518. The molecule has 2 aromatic heterocycles. The second-order valence-corrected chi connectivity index (χ2v) is 5.87. The number of pyridine rings is 1. The average molecular weight is 297 g/mol. The molecule has 2 rings (SSSR count). The standard InChI is InChI=1S/C12H17BrN4/c1-4-12(2,3)8-14-11-15-10-6-5-9(13)7-17(10)16-11/h5-7H,4,8H2,1-3H3,(H,14,16). The maximum atomic E-state index is 4.41. The van der Waals surface area contributed by atoms with Crippen molar-refractivity contribution in [1.82, 2.24) is 14.6 Å². The number of hydrogen-bond acceptors (Lipinski definition) is 3. The molecule has 1 N–H and O–H groups in total. The highest BCUT2D eigenvalue weighted by atomic mass is 79.9. The van der Waals surface area contributed by atoms with E-state index in [0.29, 0.717) is 5.95 Å². The molecule has 0 atom stereocenters. The molecule has 17 heavy (non-hydrogen) atoms. The SMILES string of the molecule is CCC(C)(C)CNc1nc2ccc(Br)cn2n1. The van der Waals surface area contributed by atoms with E-state index in [2.05, 4.69) is 52.1 Å². The van der Waals surface area contributed by atoms with E-state index in [1.54, 1.807) is 4.52 Å². The van der Waals surface area contributed by atoms with Gasteiger partial charge < -0.3 is 5.32 Å². The summed E-state index contributed by atoms with van der Waals surface area (Å²) in [4.78, 5) is 4.41. The fourth-order valence-electron chi connectivity index (χ4n) is 1.38. The molecule has 5 heteroatoms. The highest BCUT2D eigenvalue weighted by Gasteiger charge is 2.15. The van der Waals surface area contributed by atoms with Gasteiger partial charge in [0.15, 0.2) is 5.65 Å². The summed E-state index contributed by atoms with van der Waals surface area (Å²) in [5, 5.41) is 7.66. The van der Waals surface area contributed by atoms with Crippen molar-refractivity contribution < 1.29 is 0 Å². The molecule has 0 aliphatic heterocycles. The van der Waals surface area contributed by atoms with E-state index in [1.807, 2.05) is 18.3 Å². The molecule has 0 bridgehead atoms. The minimum atomic E-state index is 0.262. The Hall–Kier alpha value is -1.10. The molecule has 0 fully saturated rings. The van der Waals surface area contributed by atoms with Crippen molar-refractivity contribution in [2.24, 2.45) is 5.41 Å². The molecule has 92 valence electrons. The van der Waals surface area contributed by atoms with Crippen molar-refractivity contribution in [2.45, 2.75) is 27.2 Å². The van der Waals surface area contributed by atoms with Crippen LogP contribution in [0, 0.1) is 5.41 Å². The molecule has 0 saturated heterocycles. The van der Waals surface area contributed by atoms with Crippen LogP contribution >= 0.6 is 15.9 Å². The predicted octanol–water partition coefficient (Wildman–Crippen LogP) is 3.34. The number of halogens is 1. The summed E-state index contributed by atoms with van der Waals surface area (Å²) in [5.41, 5.74) is 1.11. The van der Waals surface area contributed by atoms with Crippen LogP contribution in [0.4, 0.5) is 5.95 Å². The van der Waals surface area contributed by atoms with E-state index in [9.17, 15) is 0 Å². The molecule has 2 aromatic rings. The lowest BCUT2D eigenvalue weighted by Gasteiger charge is -2.22. The molecule has 0 aromatic carbocycles. The monoisotopic (exact) mass is 296 g/mol. The van der Waals surface area contributed by atoms with Crippen LogP contribution < -0.4 is 5.32 Å². The first-order chi connectivity index (χ1) is 8.00. The van der Waals surface area contributed by atoms with Crippen LogP contribution in [0.3, 0.4) is 0 Å². The Labute approximate surface area is 110 Å². The molecule has 2 heterocycles. The van der Waals surface area contributed by atoms with Crippen LogP contribution in [-0.4, -0.2) is 21.1 Å². The quantitative estimate of drug-likeness (QED) is 0.941. The van der Waals surface area contributed by atoms with E-state index in [0.717, 1.165) is 23.1 Å². The first kappa shape index (κ1) is 12.4. The summed E-state index contributed by atoms with van der Waals surface area (Å²) in [6.07, 6.45) is 3.03. The Morgan fingerprint density at radius 1 is 1.41 bits per heavy atom. The van der Waals surface area contributed by atoms with Crippen LogP contribution in [0.1, 0.15) is 27.2 Å². The lowest BCUT2D eigenvalue weighted by molar-refractivity contribution is 0.376. The molecular weight excluding hydrogens is 280 g/mol. The van der Waals surface area contributed by atoms with Gasteiger partial charge in [0.05, 0.1) is 0 Å². The van der Waals surface area contributed by atoms with Gasteiger partial charge in [-0.1, -0.05) is 20.8 Å². The van der Waals surface area contributed by atoms with Gasteiger partial charge in [0.25, 0.3) is 0 Å². The van der Waals surface area contributed by atoms with E-state index >= 15 is 0 Å². The van der Waals surface area contributed by atoms with E-state index in [-0.39, 0.29) is 5.41 Å². The van der Waals surface area contributed by atoms with E-state index < -0.39 is 0 Å². The van der Waals surface area contributed by atoms with Crippen LogP contribution in [0.15, 0.2) is 22.8 Å². The van der Waals surface area contributed by atoms with Crippen molar-refractivity contribution in [2.75, 3.05) is 11.9 Å². The average Bonchev–Trinajstić information content (AvgIpc) is 2.68. The molecule has 0 unspecified atom stereocenters. The zero-order valence-electron chi connectivity index (χ0n) is 10.4. The summed E-state index contributed by atoms with van der Waals surface area (Å²) in [6, 6.07) is 3.90. The zero-order valence-corrected chi connectivity index (χ0v) is 12.0. The number of anilines is 1. The smallest absolute Gasteiger partial charge is 0.243 e. The van der Waals surface area contributed by atoms with Crippen molar-refractivity contribution >= 4 is 27.5 Å². The zero-order chi connectivity index (χ0) is 12.5. The molecule has 0 aliphatic carbocycles. The van der Waals surface area contributed by atoms with Gasteiger partial charge in [0.2, 0.25) is 5.95 Å². The minimum Gasteiger partial charge on any atom is -0.352 e. The first-order valence-corrected chi connectivity index (χ1v) is 6.55. The van der Waals surface area contributed by atoms with Crippen LogP contribution in [0.2, 0.25) is 0 Å². The number of nitrogens with one attached hydrogen (secondary N) is 1. The molecule has 0 spiro atoms. The maximum Gasteiger partial charge on any atom is 0.243 e. The van der Waals surface area contributed by atoms with Crippen molar-refractivity contribution in [3.63, 3.8) is 0 Å². The first-order valence-electron chi connectivity index (χ1n) is 5.76. The van der Waals surface area contributed by atoms with E-state index in [1.165, 1.54) is 0 Å². The normalized spacial score (nSPS) is 12.0. The fraction of sp³-hybridized carbons (Fsp3) is 0.500. The van der Waals surface area contributed by atoms with E-state index in [4.69, 9.17) is 0 Å². The topological polar surface area (TPSA) is 42.2 Å². The Kier molecular flexibility index (Phi) is 3.38. The van der Waals surface area contributed by atoms with Crippen molar-refractivity contribution in [3.8, 4) is 0 Å². The van der Waals surface area contributed by atoms with Gasteiger partial charge in [0, 0.05) is 17.2 Å². The number of aromatic nitrogens is 3. The predicted molar refractivity (Wildman–Crippen MR) is 73.2 cm³/mol. The second-order valence-electron chi connectivity index (χ2n) is 4.96. The summed E-state index contributed by atoms with van der Waals surface area (Å²) in [5.74, 6) is 0.685. The Morgan fingerprint density at radius 2 is 2.18 bits per heavy atom. The minimum absolute atomic E-state index is 0.262. The van der Waals surface area contributed by atoms with Gasteiger partial charge in [-0.25, -0.2) is 4.52 Å². The van der Waals surface area contributed by atoms with Crippen LogP contribution in [0.5, 0.6) is 0 Å². The van der Waals surface area contributed by atoms with Crippen LogP contribution in [0.25, 0.3) is 5.65 Å². The Morgan fingerprint density at radius 3 is 2.88 bits per heavy atom. The molecular formula is C12H17BrN4. The molecule has 0 aliphatic rings. The van der Waals surface area contributed by atoms with Gasteiger partial charge in [-0.15, -0.1) is 5.10 Å². The number of fused-ring (bicyclic) bond motifs is 1. The fourth-order valence-corrected chi connectivity index (χ4v) is 1.70. The third-order valence-electron chi connectivity index (χ3n) is 2.98. The largest absolute Gasteiger partial charge is 0.352 e. The number of nitrogens with zero attached hydrogens (tertiary/aromatic N) is 3. The lowest BCUT2D eigenvalue weighted by atomic mass is 9.90. The second kappa shape index (κ2) is 4.64. The van der Waals surface area contributed by atoms with Gasteiger partial charge in [-0.3, -0.25) is 0 Å². The van der Waals surface area contributed by atoms with Gasteiger partial charge in [-0.05, 0) is 39.9 Å². The van der Waals surface area contributed by atoms with Gasteiger partial charge in [0.1, 0.15) is 0 Å². The summed E-state index contributed by atoms with van der Waals surface area (Å²) >= 11 is 3.41. The highest BCUT2D eigenvalue weighted by Crippen LogP contribution is 2.20. The molecule has 4 nitrogen and oxygen atoms in total. The number of rotatable bonds is 4. The van der Waals surface area contributed by atoms with Crippen molar-refractivity contribution in [1.29, 1.82) is 0 Å². The molecule has 0 amide bonds. The third kappa shape index (κ3) is 2.97. The van der Waals surface area contributed by atoms with Gasteiger partial charge in [-0.2, -0.15) is 4.98 Å². The Balaban J connectivity index is 2.15. The maximum absolute atomic E-state index is 4.41. The summed E-state index contributed by atoms with van der Waals surface area (Å²) < 4.78 is 2.76. The van der Waals surface area contributed by atoms with Crippen molar-refractivity contribution in [3.05, 3.63) is 22.8 Å². The molecule has 0 saturated carbocycles. The summed E-state index contributed by atoms with van der Waals surface area (Å²) in [7, 11) is 0. The summed E-state index contributed by atoms with van der Waals surface area (Å²) in [6.45, 7) is 7.52. The highest BCUT2D eigenvalue weighted by molar-refractivity contribution is 9.10. The third-order valence-corrected chi connectivity index (χ3v) is 3.45. The van der Waals surface area contributed by atoms with Crippen LogP contribution in [-0.2, 0) is 0 Å². The number of hydrogen-bond donors (Lipinski definition) is 1.